The van der Waals surface area contributed by atoms with Gasteiger partial charge in [0.1, 0.15) is 11.8 Å². The highest BCUT2D eigenvalue weighted by Crippen LogP contribution is 2.48. The van der Waals surface area contributed by atoms with Crippen molar-refractivity contribution in [2.45, 2.75) is 31.8 Å². The Hall–Kier alpha value is -2.73. The van der Waals surface area contributed by atoms with Crippen LogP contribution in [0, 0.1) is 5.92 Å². The van der Waals surface area contributed by atoms with Gasteiger partial charge < -0.3 is 24.7 Å². The van der Waals surface area contributed by atoms with E-state index in [9.17, 15) is 14.5 Å². The number of methoxy groups -OCH3 is 1. The Kier molecular flexibility index (Phi) is 7.08. The Morgan fingerprint density at radius 3 is 2.85 bits per heavy atom. The van der Waals surface area contributed by atoms with Crippen molar-refractivity contribution >= 4 is 46.8 Å². The molecule has 34 heavy (non-hydrogen) atoms. The second-order valence-electron chi connectivity index (χ2n) is 7.94. The number of nitrogens with one attached hydrogen (secondary N) is 1. The van der Waals surface area contributed by atoms with Gasteiger partial charge in [-0.3, -0.25) is 9.32 Å². The number of rotatable bonds is 10. The van der Waals surface area contributed by atoms with Crippen molar-refractivity contribution in [3.63, 3.8) is 0 Å². The predicted molar refractivity (Wildman–Crippen MR) is 127 cm³/mol. The lowest BCUT2D eigenvalue weighted by Crippen LogP contribution is -2.35. The van der Waals surface area contributed by atoms with Gasteiger partial charge >= 0.3 is 13.7 Å². The lowest BCUT2D eigenvalue weighted by Gasteiger charge is -2.36. The fourth-order valence-electron chi connectivity index (χ4n) is 3.63. The minimum atomic E-state index is -3.96. The maximum absolute atomic E-state index is 13.4. The number of imidazole rings is 1. The molecule has 1 fully saturated rings. The summed E-state index contributed by atoms with van der Waals surface area (Å²) in [6.45, 7) is 1.49. The molecule has 0 spiro atoms. The molecule has 1 unspecified atom stereocenters. The van der Waals surface area contributed by atoms with Crippen LogP contribution in [0.2, 0.25) is 0 Å². The Bertz CT molecular complexity index is 1250. The van der Waals surface area contributed by atoms with Crippen LogP contribution in [0.3, 0.4) is 0 Å². The van der Waals surface area contributed by atoms with Crippen LogP contribution in [0.1, 0.15) is 25.8 Å². The molecule has 2 aromatic heterocycles. The molecule has 0 radical (unpaired) electrons. The van der Waals surface area contributed by atoms with Crippen molar-refractivity contribution < 1.29 is 28.3 Å². The zero-order chi connectivity index (χ0) is 24.5. The highest BCUT2D eigenvalue weighted by Gasteiger charge is 2.37. The number of ether oxygens (including phenoxy) is 1. The number of aromatic nitrogens is 4. The van der Waals surface area contributed by atoms with E-state index in [4.69, 9.17) is 19.5 Å². The molecule has 1 aliphatic carbocycles. The van der Waals surface area contributed by atoms with Crippen LogP contribution in [0.5, 0.6) is 11.6 Å². The van der Waals surface area contributed by atoms with Gasteiger partial charge in [0.2, 0.25) is 11.8 Å². The minimum Gasteiger partial charge on any atom is -0.480 e. The van der Waals surface area contributed by atoms with E-state index in [1.165, 1.54) is 14.0 Å². The molecule has 4 rings (SSSR count). The number of anilines is 1. The summed E-state index contributed by atoms with van der Waals surface area (Å²) in [5, 5.41) is 11.7. The van der Waals surface area contributed by atoms with Gasteiger partial charge in [0.05, 0.1) is 20.0 Å². The van der Waals surface area contributed by atoms with E-state index >= 15 is 0 Å². The number of hydrogen-bond donors (Lipinski definition) is 3. The number of hydrogen-bond acceptors (Lipinski definition) is 9. The second kappa shape index (κ2) is 9.87. The van der Waals surface area contributed by atoms with Crippen LogP contribution in [-0.2, 0) is 13.9 Å². The summed E-state index contributed by atoms with van der Waals surface area (Å²) in [5.74, 6) is -0.413. The molecule has 2 atom stereocenters. The van der Waals surface area contributed by atoms with E-state index in [0.29, 0.717) is 29.9 Å². The molecule has 12 nitrogen and oxygen atoms in total. The zero-order valence-electron chi connectivity index (χ0n) is 18.4. The van der Waals surface area contributed by atoms with Gasteiger partial charge in [0.25, 0.3) is 0 Å². The van der Waals surface area contributed by atoms with Crippen LogP contribution in [0.25, 0.3) is 11.2 Å². The normalized spacial score (nSPS) is 20.3. The predicted octanol–water partition coefficient (Wildman–Crippen LogP) is 3.40. The van der Waals surface area contributed by atoms with Gasteiger partial charge in [-0.25, -0.2) is 9.55 Å². The fourth-order valence-corrected chi connectivity index (χ4v) is 5.57. The molecule has 2 heterocycles. The average molecular weight is 555 g/mol. The third-order valence-corrected chi connectivity index (χ3v) is 7.57. The molecule has 0 amide bonds. The van der Waals surface area contributed by atoms with Crippen molar-refractivity contribution in [3.8, 4) is 11.6 Å². The first kappa shape index (κ1) is 24.4. The number of nitrogen functional groups attached to an aromatic ring is 1. The highest BCUT2D eigenvalue weighted by molar-refractivity contribution is 9.10. The molecule has 3 aromatic rings. The van der Waals surface area contributed by atoms with E-state index in [1.54, 1.807) is 30.6 Å². The van der Waals surface area contributed by atoms with Crippen molar-refractivity contribution in [2.24, 2.45) is 5.92 Å². The smallest absolute Gasteiger partial charge is 0.459 e. The summed E-state index contributed by atoms with van der Waals surface area (Å²) in [5.41, 5.74) is 6.89. The Morgan fingerprint density at radius 2 is 2.18 bits per heavy atom. The Morgan fingerprint density at radius 1 is 1.41 bits per heavy atom. The van der Waals surface area contributed by atoms with Crippen molar-refractivity contribution in [2.75, 3.05) is 19.5 Å². The van der Waals surface area contributed by atoms with Gasteiger partial charge in [-0.1, -0.05) is 22.0 Å². The number of aliphatic carboxylic acids is 1. The molecular formula is C20H24BrN6O6P. The minimum absolute atomic E-state index is 0.0740. The average Bonchev–Trinajstić information content (AvgIpc) is 3.15. The molecule has 1 aromatic carbocycles. The van der Waals surface area contributed by atoms with Crippen LogP contribution in [0.15, 0.2) is 35.1 Å². The first-order valence-electron chi connectivity index (χ1n) is 10.4. The largest absolute Gasteiger partial charge is 0.480 e. The maximum Gasteiger partial charge on any atom is 0.459 e. The molecule has 1 saturated carbocycles. The van der Waals surface area contributed by atoms with E-state index in [2.05, 4.69) is 36.0 Å². The van der Waals surface area contributed by atoms with Crippen LogP contribution in [0.4, 0.5) is 5.95 Å². The number of benzene rings is 1. The summed E-state index contributed by atoms with van der Waals surface area (Å²) in [6.07, 6.45) is 3.09. The summed E-state index contributed by atoms with van der Waals surface area (Å²) in [6, 6.07) is 5.68. The number of carboxylic acid groups (broad SMARTS) is 1. The van der Waals surface area contributed by atoms with E-state index in [-0.39, 0.29) is 30.3 Å². The van der Waals surface area contributed by atoms with Crippen molar-refractivity contribution in [1.82, 2.24) is 24.6 Å². The third-order valence-electron chi connectivity index (χ3n) is 5.43. The highest BCUT2D eigenvalue weighted by atomic mass is 79.9. The van der Waals surface area contributed by atoms with Gasteiger partial charge in [0, 0.05) is 10.5 Å². The summed E-state index contributed by atoms with van der Waals surface area (Å²) in [4.78, 5) is 24.0. The Balaban J connectivity index is 1.42. The van der Waals surface area contributed by atoms with Gasteiger partial charge in [-0.15, -0.1) is 0 Å². The quantitative estimate of drug-likeness (QED) is 0.314. The molecule has 0 saturated heterocycles. The Labute approximate surface area is 203 Å². The number of carbonyl (C=O) groups is 1. The lowest BCUT2D eigenvalue weighted by atomic mass is 9.81. The maximum atomic E-state index is 13.4. The number of carboxylic acids is 1. The van der Waals surface area contributed by atoms with E-state index in [0.717, 1.165) is 4.47 Å². The number of fused-ring (bicyclic) bond motifs is 1. The molecule has 4 N–H and O–H groups in total. The monoisotopic (exact) mass is 554 g/mol. The van der Waals surface area contributed by atoms with Crippen LogP contribution in [-0.4, -0.2) is 50.4 Å². The molecule has 0 bridgehead atoms. The van der Waals surface area contributed by atoms with E-state index in [1.807, 2.05) is 4.57 Å². The van der Waals surface area contributed by atoms with E-state index < -0.39 is 19.8 Å². The first-order valence-corrected chi connectivity index (χ1v) is 12.8. The molecular weight excluding hydrogens is 531 g/mol. The van der Waals surface area contributed by atoms with Crippen LogP contribution >= 0.6 is 23.7 Å². The summed E-state index contributed by atoms with van der Waals surface area (Å²) < 4.78 is 32.5. The molecule has 182 valence electrons. The SMILES string of the molecule is COc1nc(N)nc2c1ncn2[C@H]1C[C@@H](COP(=O)(N[C@@H](C)C(=O)O)Oc2cccc(Br)c2)C1. The van der Waals surface area contributed by atoms with Crippen molar-refractivity contribution in [1.29, 1.82) is 0 Å². The number of halogens is 1. The first-order chi connectivity index (χ1) is 16.2. The van der Waals surface area contributed by atoms with Gasteiger partial charge in [-0.2, -0.15) is 15.1 Å². The van der Waals surface area contributed by atoms with Crippen LogP contribution < -0.4 is 20.1 Å². The van der Waals surface area contributed by atoms with Gasteiger partial charge in [0.15, 0.2) is 11.2 Å². The standard InChI is InChI=1S/C20H24BrN6O6P/c1-11(19(28)29)26-34(30,33-15-5-3-4-13(21)8-15)32-9-12-6-14(7-12)27-10-23-16-17(27)24-20(22)25-18(16)31-2/h3-5,8,10-12,14H,6-7,9H2,1-2H3,(H,26,30)(H,28,29)(H2,22,24,25)/t11-,12-,14+,34?/m0/s1. The molecule has 14 heteroatoms. The zero-order valence-corrected chi connectivity index (χ0v) is 20.9. The number of nitrogens with zero attached hydrogens (tertiary/aromatic N) is 4. The molecule has 1 aliphatic rings. The third kappa shape index (κ3) is 5.33. The number of nitrogens with two attached hydrogens (primary N) is 1. The fraction of sp³-hybridized carbons (Fsp3) is 0.400. The molecule has 0 aliphatic heterocycles. The van der Waals surface area contributed by atoms with Crippen molar-refractivity contribution in [3.05, 3.63) is 35.1 Å². The van der Waals surface area contributed by atoms with Gasteiger partial charge in [-0.05, 0) is 43.9 Å². The second-order valence-corrected chi connectivity index (χ2v) is 10.5. The topological polar surface area (TPSA) is 164 Å². The summed E-state index contributed by atoms with van der Waals surface area (Å²) in [7, 11) is -2.47. The lowest BCUT2D eigenvalue weighted by molar-refractivity contribution is -0.138. The summed E-state index contributed by atoms with van der Waals surface area (Å²) >= 11 is 3.33.